The lowest BCUT2D eigenvalue weighted by molar-refractivity contribution is -0.119. The van der Waals surface area contributed by atoms with E-state index in [-0.39, 0.29) is 17.7 Å². The molecule has 158 valence electrons. The molecule has 1 unspecified atom stereocenters. The van der Waals surface area contributed by atoms with Gasteiger partial charge in [-0.15, -0.1) is 11.3 Å². The van der Waals surface area contributed by atoms with E-state index in [9.17, 15) is 4.79 Å². The summed E-state index contributed by atoms with van der Waals surface area (Å²) >= 11 is 2.89. The fraction of sp³-hybridized carbons (Fsp3) is 0.0870. The molecule has 5 aromatic rings. The topological polar surface area (TPSA) is 85.6 Å². The van der Waals surface area contributed by atoms with Crippen molar-refractivity contribution in [3.63, 3.8) is 0 Å². The number of carbonyl (C=O) groups is 1. The third-order valence-corrected chi connectivity index (χ3v) is 6.65. The Morgan fingerprint density at radius 3 is 2.56 bits per heavy atom. The predicted molar refractivity (Wildman–Crippen MR) is 126 cm³/mol. The molecule has 5 rings (SSSR count). The van der Waals surface area contributed by atoms with Crippen molar-refractivity contribution >= 4 is 40.0 Å². The molecule has 7 nitrogen and oxygen atoms in total. The number of hydrogen-bond acceptors (Lipinski definition) is 7. The molecular formula is C23H18N6OS2. The van der Waals surface area contributed by atoms with Crippen molar-refractivity contribution in [2.45, 2.75) is 11.1 Å². The van der Waals surface area contributed by atoms with Crippen LogP contribution in [0.3, 0.4) is 0 Å². The van der Waals surface area contributed by atoms with Gasteiger partial charge in [-0.25, -0.2) is 19.6 Å². The Bertz CT molecular complexity index is 1320. The van der Waals surface area contributed by atoms with Crippen LogP contribution < -0.4 is 5.32 Å². The lowest BCUT2D eigenvalue weighted by atomic mass is 10.1. The van der Waals surface area contributed by atoms with Crippen molar-refractivity contribution < 1.29 is 4.79 Å². The fourth-order valence-corrected chi connectivity index (χ4v) is 4.83. The van der Waals surface area contributed by atoms with Gasteiger partial charge in [0.05, 0.1) is 23.0 Å². The van der Waals surface area contributed by atoms with Crippen molar-refractivity contribution in [2.75, 3.05) is 5.75 Å². The Kier molecular flexibility index (Phi) is 5.91. The number of rotatable bonds is 7. The molecule has 3 aromatic heterocycles. The van der Waals surface area contributed by atoms with E-state index >= 15 is 0 Å². The van der Waals surface area contributed by atoms with Crippen LogP contribution in [0.1, 0.15) is 16.6 Å². The summed E-state index contributed by atoms with van der Waals surface area (Å²) in [6.45, 7) is 0. The summed E-state index contributed by atoms with van der Waals surface area (Å²) in [7, 11) is 0. The van der Waals surface area contributed by atoms with Crippen LogP contribution in [0, 0.1) is 0 Å². The van der Waals surface area contributed by atoms with E-state index in [0.29, 0.717) is 5.65 Å². The molecule has 0 fully saturated rings. The summed E-state index contributed by atoms with van der Waals surface area (Å²) in [6.07, 6.45) is 5.00. The SMILES string of the molecule is O=C(CSc1ncnc2c1cnn2-c1ccccc1)NC(c1ccccc1)c1nccs1. The van der Waals surface area contributed by atoms with Crippen molar-refractivity contribution in [1.82, 2.24) is 30.0 Å². The van der Waals surface area contributed by atoms with Gasteiger partial charge in [-0.3, -0.25) is 4.79 Å². The highest BCUT2D eigenvalue weighted by atomic mass is 32.2. The smallest absolute Gasteiger partial charge is 0.231 e. The Balaban J connectivity index is 1.33. The van der Waals surface area contributed by atoms with Crippen LogP contribution in [0.2, 0.25) is 0 Å². The van der Waals surface area contributed by atoms with Crippen molar-refractivity contribution in [2.24, 2.45) is 0 Å². The number of benzene rings is 2. The third kappa shape index (κ3) is 4.25. The summed E-state index contributed by atoms with van der Waals surface area (Å²) in [5.74, 6) is 0.124. The minimum atomic E-state index is -0.282. The van der Waals surface area contributed by atoms with Crippen LogP contribution in [0.4, 0.5) is 0 Å². The van der Waals surface area contributed by atoms with Crippen LogP contribution in [-0.4, -0.2) is 36.4 Å². The average Bonchev–Trinajstić information content (AvgIpc) is 3.53. The number of nitrogens with zero attached hydrogens (tertiary/aromatic N) is 5. The Hall–Kier alpha value is -3.56. The zero-order valence-corrected chi connectivity index (χ0v) is 18.5. The molecule has 0 aliphatic carbocycles. The lowest BCUT2D eigenvalue weighted by Crippen LogP contribution is -2.30. The van der Waals surface area contributed by atoms with E-state index in [1.54, 1.807) is 17.1 Å². The monoisotopic (exact) mass is 458 g/mol. The molecule has 1 atom stereocenters. The van der Waals surface area contributed by atoms with Gasteiger partial charge in [0.1, 0.15) is 22.4 Å². The van der Waals surface area contributed by atoms with Gasteiger partial charge in [0.2, 0.25) is 5.91 Å². The first kappa shape index (κ1) is 20.3. The van der Waals surface area contributed by atoms with Crippen molar-refractivity contribution in [3.8, 4) is 5.69 Å². The van der Waals surface area contributed by atoms with Crippen LogP contribution in [0.25, 0.3) is 16.7 Å². The first-order valence-corrected chi connectivity index (χ1v) is 11.8. The Labute approximate surface area is 192 Å². The number of hydrogen-bond donors (Lipinski definition) is 1. The molecule has 2 aromatic carbocycles. The first-order chi connectivity index (χ1) is 15.8. The third-order valence-electron chi connectivity index (χ3n) is 4.81. The zero-order chi connectivity index (χ0) is 21.8. The van der Waals surface area contributed by atoms with E-state index in [1.165, 1.54) is 29.4 Å². The maximum absolute atomic E-state index is 12.8. The number of aromatic nitrogens is 5. The van der Waals surface area contributed by atoms with Crippen LogP contribution in [0.5, 0.6) is 0 Å². The van der Waals surface area contributed by atoms with Gasteiger partial charge >= 0.3 is 0 Å². The van der Waals surface area contributed by atoms with Gasteiger partial charge in [0.15, 0.2) is 5.65 Å². The molecule has 0 aliphatic rings. The quantitative estimate of drug-likeness (QED) is 0.290. The van der Waals surface area contributed by atoms with Crippen molar-refractivity contribution in [1.29, 1.82) is 0 Å². The van der Waals surface area contributed by atoms with Gasteiger partial charge in [-0.1, -0.05) is 60.3 Å². The molecule has 0 aliphatic heterocycles. The zero-order valence-electron chi connectivity index (χ0n) is 16.8. The Morgan fingerprint density at radius 2 is 1.81 bits per heavy atom. The number of amides is 1. The molecule has 0 saturated heterocycles. The number of carbonyl (C=O) groups excluding carboxylic acids is 1. The molecule has 0 spiro atoms. The van der Waals surface area contributed by atoms with Gasteiger partial charge in [-0.2, -0.15) is 5.10 Å². The average molecular weight is 459 g/mol. The summed E-state index contributed by atoms with van der Waals surface area (Å²) in [6, 6.07) is 19.4. The summed E-state index contributed by atoms with van der Waals surface area (Å²) in [5.41, 5.74) is 2.62. The van der Waals surface area contributed by atoms with Gasteiger partial charge in [0, 0.05) is 11.6 Å². The molecule has 0 radical (unpaired) electrons. The van der Waals surface area contributed by atoms with Crippen molar-refractivity contribution in [3.05, 3.63) is 95.3 Å². The summed E-state index contributed by atoms with van der Waals surface area (Å²) in [4.78, 5) is 26.0. The van der Waals surface area contributed by atoms with Gasteiger partial charge in [0.25, 0.3) is 0 Å². The number of thioether (sulfide) groups is 1. The summed E-state index contributed by atoms with van der Waals surface area (Å²) in [5, 5.41) is 11.9. The van der Waals surface area contributed by atoms with E-state index in [0.717, 1.165) is 26.7 Å². The minimum absolute atomic E-state index is 0.0960. The van der Waals surface area contributed by atoms with Crippen LogP contribution in [-0.2, 0) is 4.79 Å². The molecule has 1 N–H and O–H groups in total. The Morgan fingerprint density at radius 1 is 1.03 bits per heavy atom. The lowest BCUT2D eigenvalue weighted by Gasteiger charge is -2.17. The molecule has 3 heterocycles. The van der Waals surface area contributed by atoms with Gasteiger partial charge in [-0.05, 0) is 17.7 Å². The number of para-hydroxylation sites is 1. The normalized spacial score (nSPS) is 12.0. The maximum Gasteiger partial charge on any atom is 0.231 e. The molecule has 1 amide bonds. The molecule has 9 heteroatoms. The standard InChI is InChI=1S/C23H18N6OS2/c30-19(28-20(23-24-11-12-31-23)16-7-3-1-4-8-16)14-32-22-18-13-27-29(21(18)25-15-26-22)17-9-5-2-6-10-17/h1-13,15,20H,14H2,(H,28,30). The molecular weight excluding hydrogens is 440 g/mol. The number of fused-ring (bicyclic) bond motifs is 1. The second-order valence-electron chi connectivity index (χ2n) is 6.88. The molecule has 32 heavy (non-hydrogen) atoms. The highest BCUT2D eigenvalue weighted by Gasteiger charge is 2.20. The number of nitrogens with one attached hydrogen (secondary N) is 1. The molecule has 0 saturated carbocycles. The number of thiazole rings is 1. The highest BCUT2D eigenvalue weighted by molar-refractivity contribution is 8.00. The highest BCUT2D eigenvalue weighted by Crippen LogP contribution is 2.27. The first-order valence-electron chi connectivity index (χ1n) is 9.90. The largest absolute Gasteiger partial charge is 0.342 e. The van der Waals surface area contributed by atoms with Crippen LogP contribution in [0.15, 0.2) is 89.8 Å². The van der Waals surface area contributed by atoms with E-state index in [1.807, 2.05) is 66.0 Å². The van der Waals surface area contributed by atoms with E-state index in [4.69, 9.17) is 0 Å². The minimum Gasteiger partial charge on any atom is -0.342 e. The van der Waals surface area contributed by atoms with E-state index < -0.39 is 0 Å². The predicted octanol–water partition coefficient (Wildman–Crippen LogP) is 4.27. The maximum atomic E-state index is 12.8. The second-order valence-corrected chi connectivity index (χ2v) is 8.77. The second kappa shape index (κ2) is 9.29. The van der Waals surface area contributed by atoms with Gasteiger partial charge < -0.3 is 5.32 Å². The summed E-state index contributed by atoms with van der Waals surface area (Å²) < 4.78 is 1.77. The van der Waals surface area contributed by atoms with E-state index in [2.05, 4.69) is 25.4 Å². The molecule has 0 bridgehead atoms. The fourth-order valence-electron chi connectivity index (χ4n) is 3.34. The van der Waals surface area contributed by atoms with Crippen LogP contribution >= 0.6 is 23.1 Å².